The number of carboxylic acids is 1. The van der Waals surface area contributed by atoms with Crippen LogP contribution in [0, 0.1) is 47.6 Å². The lowest BCUT2D eigenvalue weighted by Crippen LogP contribution is -2.51. The van der Waals surface area contributed by atoms with E-state index in [2.05, 4.69) is 15.3 Å². The molecule has 3 aliphatic rings. The Bertz CT molecular complexity index is 1840. The minimum Gasteiger partial charge on any atom is -0.481 e. The van der Waals surface area contributed by atoms with Gasteiger partial charge in [-0.15, -0.1) is 0 Å². The molecule has 0 saturated heterocycles. The number of carbonyl (C=O) groups is 1. The van der Waals surface area contributed by atoms with Crippen LogP contribution in [0.5, 0.6) is 0 Å². The summed E-state index contributed by atoms with van der Waals surface area (Å²) in [6, 6.07) is 9.53. The van der Waals surface area contributed by atoms with E-state index in [4.69, 9.17) is 0 Å². The Balaban J connectivity index is 1.50. The molecule has 3 saturated carbocycles. The number of pyridine rings is 2. The average molecular weight is 578 g/mol. The molecular formula is C29H25F2N5O4S. The van der Waals surface area contributed by atoms with Gasteiger partial charge in [0, 0.05) is 23.2 Å². The molecule has 2 bridgehead atoms. The quantitative estimate of drug-likeness (QED) is 0.323. The average Bonchev–Trinajstić information content (AvgIpc) is 3.33. The van der Waals surface area contributed by atoms with Crippen LogP contribution in [0.4, 0.5) is 14.6 Å². The number of halogens is 2. The number of anilines is 1. The van der Waals surface area contributed by atoms with E-state index in [1.165, 1.54) is 18.3 Å². The van der Waals surface area contributed by atoms with E-state index < -0.39 is 39.6 Å². The molecule has 2 unspecified atom stereocenters. The van der Waals surface area contributed by atoms with Crippen LogP contribution in [-0.4, -0.2) is 39.5 Å². The Labute approximate surface area is 234 Å². The summed E-state index contributed by atoms with van der Waals surface area (Å²) in [5.41, 5.74) is 0.528. The first kappa shape index (κ1) is 26.8. The van der Waals surface area contributed by atoms with Crippen LogP contribution >= 0.6 is 0 Å². The molecule has 3 heterocycles. The third-order valence-electron chi connectivity index (χ3n) is 8.32. The molecule has 0 amide bonds. The van der Waals surface area contributed by atoms with Gasteiger partial charge in [0.15, 0.2) is 17.3 Å². The molecule has 12 heteroatoms. The lowest BCUT2D eigenvalue weighted by atomic mass is 9.61. The van der Waals surface area contributed by atoms with Crippen molar-refractivity contribution in [2.75, 3.05) is 5.32 Å². The molecule has 1 aromatic carbocycles. The summed E-state index contributed by atoms with van der Waals surface area (Å²) in [4.78, 5) is 20.5. The molecule has 0 radical (unpaired) electrons. The predicted molar refractivity (Wildman–Crippen MR) is 145 cm³/mol. The number of aliphatic carboxylic acids is 1. The highest BCUT2D eigenvalue weighted by atomic mass is 32.2. The summed E-state index contributed by atoms with van der Waals surface area (Å²) in [6.07, 6.45) is 5.29. The molecule has 7 rings (SSSR count). The molecule has 4 aromatic rings. The number of rotatable bonds is 6. The Morgan fingerprint density at radius 3 is 2.46 bits per heavy atom. The summed E-state index contributed by atoms with van der Waals surface area (Å²) in [5.74, 6) is -3.55. The third-order valence-corrected chi connectivity index (χ3v) is 9.98. The summed E-state index contributed by atoms with van der Waals surface area (Å²) < 4.78 is 57.8. The van der Waals surface area contributed by atoms with Crippen LogP contribution < -0.4 is 5.32 Å². The standard InChI is InChI=1S/C29H25F2N5O4S/c1-15-2-8-20(9-3-15)41(39,40)36-14-22(21-11-19(30)13-33-28(21)36)25-18(12-32)10-23(31)27(34-25)35-26-17-6-4-16(5-7-17)24(26)29(37)38/h2-3,8-11,13-14,16-17,24,26H,4-7H2,1H3,(H,34,35)(H,37,38). The number of aryl methyl sites for hydroxylation is 1. The maximum Gasteiger partial charge on any atom is 0.308 e. The fourth-order valence-corrected chi connectivity index (χ4v) is 7.63. The maximum absolute atomic E-state index is 15.3. The summed E-state index contributed by atoms with van der Waals surface area (Å²) >= 11 is 0. The van der Waals surface area contributed by atoms with Crippen molar-refractivity contribution in [2.24, 2.45) is 17.8 Å². The van der Waals surface area contributed by atoms with Gasteiger partial charge in [0.2, 0.25) is 0 Å². The van der Waals surface area contributed by atoms with Crippen molar-refractivity contribution < 1.29 is 27.1 Å². The highest BCUT2D eigenvalue weighted by Gasteiger charge is 2.47. The Morgan fingerprint density at radius 1 is 1.12 bits per heavy atom. The Kier molecular flexibility index (Phi) is 6.49. The van der Waals surface area contributed by atoms with Gasteiger partial charge in [-0.25, -0.2) is 31.1 Å². The number of hydrogen-bond acceptors (Lipinski definition) is 7. The summed E-state index contributed by atoms with van der Waals surface area (Å²) in [7, 11) is -4.20. The van der Waals surface area contributed by atoms with Gasteiger partial charge < -0.3 is 10.4 Å². The first-order chi connectivity index (χ1) is 19.6. The lowest BCUT2D eigenvalue weighted by Gasteiger charge is -2.47. The van der Waals surface area contributed by atoms with E-state index in [1.807, 2.05) is 13.0 Å². The molecule has 0 aliphatic heterocycles. The molecule has 3 aromatic heterocycles. The van der Waals surface area contributed by atoms with E-state index in [-0.39, 0.29) is 50.4 Å². The van der Waals surface area contributed by atoms with Gasteiger partial charge in [0.1, 0.15) is 11.9 Å². The van der Waals surface area contributed by atoms with E-state index in [0.29, 0.717) is 0 Å². The monoisotopic (exact) mass is 577 g/mol. The number of nitrogens with one attached hydrogen (secondary N) is 1. The van der Waals surface area contributed by atoms with E-state index in [9.17, 15) is 28.0 Å². The second-order valence-corrected chi connectivity index (χ2v) is 12.5. The molecule has 9 nitrogen and oxygen atoms in total. The third kappa shape index (κ3) is 4.50. The van der Waals surface area contributed by atoms with Gasteiger partial charge in [0.25, 0.3) is 10.0 Å². The van der Waals surface area contributed by atoms with Crippen LogP contribution in [0.15, 0.2) is 53.7 Å². The molecule has 3 aliphatic carbocycles. The van der Waals surface area contributed by atoms with Gasteiger partial charge in [0.05, 0.1) is 28.3 Å². The zero-order valence-corrected chi connectivity index (χ0v) is 22.7. The zero-order valence-electron chi connectivity index (χ0n) is 21.9. The predicted octanol–water partition coefficient (Wildman–Crippen LogP) is 5.09. The SMILES string of the molecule is Cc1ccc(S(=O)(=O)n2cc(-c3nc(NC4C5CCC(CC5)C4C(=O)O)c(F)cc3C#N)c3cc(F)cnc32)cc1. The van der Waals surface area contributed by atoms with Crippen LogP contribution in [0.2, 0.25) is 0 Å². The van der Waals surface area contributed by atoms with Crippen molar-refractivity contribution in [3.8, 4) is 17.3 Å². The largest absolute Gasteiger partial charge is 0.481 e. The van der Waals surface area contributed by atoms with Crippen molar-refractivity contribution in [3.05, 3.63) is 71.6 Å². The number of nitriles is 1. The molecule has 0 spiro atoms. The first-order valence-electron chi connectivity index (χ1n) is 13.2. The molecule has 41 heavy (non-hydrogen) atoms. The molecule has 210 valence electrons. The fraction of sp³-hybridized carbons (Fsp3) is 0.310. The van der Waals surface area contributed by atoms with Crippen LogP contribution in [0.25, 0.3) is 22.3 Å². The molecular weight excluding hydrogens is 552 g/mol. The number of carboxylic acid groups (broad SMARTS) is 1. The topological polar surface area (TPSA) is 138 Å². The lowest BCUT2D eigenvalue weighted by molar-refractivity contribution is -0.148. The van der Waals surface area contributed by atoms with Crippen molar-refractivity contribution in [1.29, 1.82) is 5.26 Å². The van der Waals surface area contributed by atoms with Gasteiger partial charge >= 0.3 is 5.97 Å². The second-order valence-electron chi connectivity index (χ2n) is 10.7. The number of benzene rings is 1. The van der Waals surface area contributed by atoms with Gasteiger partial charge in [-0.3, -0.25) is 4.79 Å². The van der Waals surface area contributed by atoms with Crippen molar-refractivity contribution >= 4 is 32.8 Å². The number of aromatic nitrogens is 3. The maximum atomic E-state index is 15.3. The van der Waals surface area contributed by atoms with Crippen molar-refractivity contribution in [2.45, 2.75) is 43.5 Å². The van der Waals surface area contributed by atoms with E-state index in [0.717, 1.165) is 53.5 Å². The Hall–Kier alpha value is -4.37. The number of hydrogen-bond donors (Lipinski definition) is 2. The Morgan fingerprint density at radius 2 is 1.80 bits per heavy atom. The molecule has 2 N–H and O–H groups in total. The molecule has 3 fully saturated rings. The minimum atomic E-state index is -4.20. The summed E-state index contributed by atoms with van der Waals surface area (Å²) in [5, 5.41) is 22.8. The smallest absolute Gasteiger partial charge is 0.308 e. The minimum absolute atomic E-state index is 0.0151. The van der Waals surface area contributed by atoms with E-state index >= 15 is 4.39 Å². The van der Waals surface area contributed by atoms with Crippen molar-refractivity contribution in [1.82, 2.24) is 13.9 Å². The highest BCUT2D eigenvalue weighted by Crippen LogP contribution is 2.46. The van der Waals surface area contributed by atoms with Gasteiger partial charge in [-0.1, -0.05) is 17.7 Å². The summed E-state index contributed by atoms with van der Waals surface area (Å²) in [6.45, 7) is 1.82. The fourth-order valence-electron chi connectivity index (χ4n) is 6.30. The number of fused-ring (bicyclic) bond motifs is 4. The highest BCUT2D eigenvalue weighted by molar-refractivity contribution is 7.90. The normalized spacial score (nSPS) is 22.0. The van der Waals surface area contributed by atoms with Gasteiger partial charge in [-0.05, 0) is 68.7 Å². The number of nitrogens with zero attached hydrogens (tertiary/aromatic N) is 4. The second kappa shape index (κ2) is 9.92. The van der Waals surface area contributed by atoms with Gasteiger partial charge in [-0.2, -0.15) is 5.26 Å². The van der Waals surface area contributed by atoms with Crippen LogP contribution in [0.1, 0.15) is 36.8 Å². The van der Waals surface area contributed by atoms with Crippen LogP contribution in [0.3, 0.4) is 0 Å². The molecule has 2 atom stereocenters. The zero-order chi connectivity index (χ0) is 29.1. The van der Waals surface area contributed by atoms with Crippen molar-refractivity contribution in [3.63, 3.8) is 0 Å². The van der Waals surface area contributed by atoms with E-state index in [1.54, 1.807) is 12.1 Å². The first-order valence-corrected chi connectivity index (χ1v) is 14.6. The van der Waals surface area contributed by atoms with Crippen LogP contribution in [-0.2, 0) is 14.8 Å².